The van der Waals surface area contributed by atoms with Gasteiger partial charge in [0.1, 0.15) is 5.82 Å². The van der Waals surface area contributed by atoms with E-state index in [4.69, 9.17) is 0 Å². The molecule has 2 rings (SSSR count). The lowest BCUT2D eigenvalue weighted by molar-refractivity contribution is 0.601. The summed E-state index contributed by atoms with van der Waals surface area (Å²) in [5.41, 5.74) is 1.73. The lowest BCUT2D eigenvalue weighted by Crippen LogP contribution is -2.19. The second-order valence-electron chi connectivity index (χ2n) is 4.47. The average molecular weight is 387 g/mol. The van der Waals surface area contributed by atoms with Crippen LogP contribution in [0.3, 0.4) is 0 Å². The first-order valence-corrected chi connectivity index (χ1v) is 7.60. The Bertz CT molecular complexity index is 572. The van der Waals surface area contributed by atoms with Crippen LogP contribution in [0.5, 0.6) is 0 Å². The summed E-state index contributed by atoms with van der Waals surface area (Å²) in [4.78, 5) is 0. The molecule has 100 valence electrons. The minimum Gasteiger partial charge on any atom is -0.381 e. The molecule has 0 aliphatic heterocycles. The molecule has 19 heavy (non-hydrogen) atoms. The maximum atomic E-state index is 13.6. The molecule has 0 bridgehead atoms. The third-order valence-electron chi connectivity index (χ3n) is 2.81. The molecule has 0 saturated heterocycles. The topological polar surface area (TPSA) is 12.0 Å². The Morgan fingerprint density at radius 3 is 2.63 bits per heavy atom. The van der Waals surface area contributed by atoms with E-state index >= 15 is 0 Å². The van der Waals surface area contributed by atoms with Crippen LogP contribution in [0.1, 0.15) is 12.5 Å². The summed E-state index contributed by atoms with van der Waals surface area (Å²) >= 11 is 6.95. The molecule has 0 spiro atoms. The lowest BCUT2D eigenvalue weighted by Gasteiger charge is -2.17. The van der Waals surface area contributed by atoms with Gasteiger partial charge in [-0.3, -0.25) is 0 Å². The molecule has 1 unspecified atom stereocenters. The fourth-order valence-electron chi connectivity index (χ4n) is 1.92. The Balaban J connectivity index is 2.07. The molecular weight excluding hydrogens is 373 g/mol. The van der Waals surface area contributed by atoms with E-state index in [1.807, 2.05) is 37.3 Å². The van der Waals surface area contributed by atoms with E-state index in [-0.39, 0.29) is 11.9 Å². The van der Waals surface area contributed by atoms with Crippen molar-refractivity contribution in [2.24, 2.45) is 0 Å². The van der Waals surface area contributed by atoms with Crippen molar-refractivity contribution < 1.29 is 4.39 Å². The van der Waals surface area contributed by atoms with Crippen LogP contribution < -0.4 is 5.32 Å². The van der Waals surface area contributed by atoms with Gasteiger partial charge >= 0.3 is 0 Å². The van der Waals surface area contributed by atoms with Gasteiger partial charge in [-0.2, -0.15) is 0 Å². The minimum absolute atomic E-state index is 0.141. The highest BCUT2D eigenvalue weighted by molar-refractivity contribution is 9.11. The first kappa shape index (κ1) is 14.5. The molecule has 0 aliphatic rings. The van der Waals surface area contributed by atoms with Gasteiger partial charge in [0.05, 0.1) is 0 Å². The van der Waals surface area contributed by atoms with Crippen LogP contribution in [-0.4, -0.2) is 6.04 Å². The molecule has 0 fully saturated rings. The maximum Gasteiger partial charge on any atom is 0.126 e. The average Bonchev–Trinajstić information content (AvgIpc) is 2.37. The Labute approximate surface area is 129 Å². The fourth-order valence-corrected chi connectivity index (χ4v) is 2.64. The highest BCUT2D eigenvalue weighted by Gasteiger charge is 2.09. The molecule has 1 atom stereocenters. The van der Waals surface area contributed by atoms with Crippen LogP contribution in [0.2, 0.25) is 0 Å². The van der Waals surface area contributed by atoms with Gasteiger partial charge in [0.2, 0.25) is 0 Å². The van der Waals surface area contributed by atoms with Crippen molar-refractivity contribution in [3.05, 3.63) is 62.8 Å². The number of nitrogens with one attached hydrogen (secondary N) is 1. The van der Waals surface area contributed by atoms with E-state index in [9.17, 15) is 4.39 Å². The molecule has 4 heteroatoms. The fraction of sp³-hybridized carbons (Fsp3) is 0.200. The zero-order chi connectivity index (χ0) is 13.8. The van der Waals surface area contributed by atoms with Gasteiger partial charge in [-0.05, 0) is 59.1 Å². The molecule has 2 aromatic rings. The third-order valence-corrected chi connectivity index (χ3v) is 4.00. The minimum atomic E-state index is -0.149. The largest absolute Gasteiger partial charge is 0.381 e. The maximum absolute atomic E-state index is 13.6. The van der Waals surface area contributed by atoms with Crippen molar-refractivity contribution in [2.45, 2.75) is 19.4 Å². The van der Waals surface area contributed by atoms with Crippen LogP contribution in [0.4, 0.5) is 10.1 Å². The van der Waals surface area contributed by atoms with E-state index in [1.54, 1.807) is 6.07 Å². The monoisotopic (exact) mass is 385 g/mol. The quantitative estimate of drug-likeness (QED) is 0.742. The third kappa shape index (κ3) is 4.05. The summed E-state index contributed by atoms with van der Waals surface area (Å²) in [7, 11) is 0. The molecule has 0 aromatic heterocycles. The molecule has 1 nitrogen and oxygen atoms in total. The standard InChI is InChI=1S/C15H14Br2FN/c1-10(8-11-4-2-3-5-14(11)18)19-15-9-12(16)6-7-13(15)17/h2-7,9-10,19H,8H2,1H3. The van der Waals surface area contributed by atoms with Gasteiger partial charge in [0.25, 0.3) is 0 Å². The number of hydrogen-bond donors (Lipinski definition) is 1. The first-order valence-electron chi connectivity index (χ1n) is 6.01. The summed E-state index contributed by atoms with van der Waals surface area (Å²) in [6.45, 7) is 2.04. The van der Waals surface area contributed by atoms with E-state index in [1.165, 1.54) is 6.07 Å². The van der Waals surface area contributed by atoms with Crippen LogP contribution in [-0.2, 0) is 6.42 Å². The van der Waals surface area contributed by atoms with Gasteiger partial charge in [-0.1, -0.05) is 34.1 Å². The van der Waals surface area contributed by atoms with Gasteiger partial charge < -0.3 is 5.32 Å². The van der Waals surface area contributed by atoms with Crippen LogP contribution in [0.25, 0.3) is 0 Å². The second kappa shape index (κ2) is 6.53. The normalized spacial score (nSPS) is 12.2. The van der Waals surface area contributed by atoms with Gasteiger partial charge in [-0.25, -0.2) is 4.39 Å². The highest BCUT2D eigenvalue weighted by atomic mass is 79.9. The summed E-state index contributed by atoms with van der Waals surface area (Å²) in [6.07, 6.45) is 0.644. The molecule has 2 aromatic carbocycles. The van der Waals surface area contributed by atoms with E-state index < -0.39 is 0 Å². The van der Waals surface area contributed by atoms with Crippen molar-refractivity contribution in [1.29, 1.82) is 0 Å². The summed E-state index contributed by atoms with van der Waals surface area (Å²) < 4.78 is 15.6. The Kier molecular flexibility index (Phi) is 4.99. The van der Waals surface area contributed by atoms with Crippen molar-refractivity contribution in [3.8, 4) is 0 Å². The van der Waals surface area contributed by atoms with Gasteiger partial charge in [0.15, 0.2) is 0 Å². The van der Waals surface area contributed by atoms with Gasteiger partial charge in [-0.15, -0.1) is 0 Å². The van der Waals surface area contributed by atoms with Gasteiger partial charge in [0, 0.05) is 20.7 Å². The van der Waals surface area contributed by atoms with Crippen molar-refractivity contribution in [2.75, 3.05) is 5.32 Å². The second-order valence-corrected chi connectivity index (χ2v) is 6.24. The molecule has 0 heterocycles. The van der Waals surface area contributed by atoms with E-state index in [0.717, 1.165) is 20.2 Å². The summed E-state index contributed by atoms with van der Waals surface area (Å²) in [5.74, 6) is -0.149. The zero-order valence-electron chi connectivity index (χ0n) is 10.5. The Hall–Kier alpha value is -0.870. The van der Waals surface area contributed by atoms with Crippen molar-refractivity contribution in [3.63, 3.8) is 0 Å². The predicted molar refractivity (Wildman–Crippen MR) is 85.0 cm³/mol. The number of anilines is 1. The highest BCUT2D eigenvalue weighted by Crippen LogP contribution is 2.27. The number of halogens is 3. The molecule has 0 aliphatic carbocycles. The molecule has 0 saturated carbocycles. The molecule has 1 N–H and O–H groups in total. The molecule has 0 amide bonds. The Morgan fingerprint density at radius 2 is 1.89 bits per heavy atom. The predicted octanol–water partition coefficient (Wildman–Crippen LogP) is 5.39. The number of benzene rings is 2. The van der Waals surface area contributed by atoms with Crippen molar-refractivity contribution >= 4 is 37.5 Å². The molecular formula is C15H14Br2FN. The number of rotatable bonds is 4. The Morgan fingerprint density at radius 1 is 1.16 bits per heavy atom. The van der Waals surface area contributed by atoms with Crippen molar-refractivity contribution in [1.82, 2.24) is 0 Å². The summed E-state index contributed by atoms with van der Waals surface area (Å²) in [6, 6.07) is 13.0. The smallest absolute Gasteiger partial charge is 0.126 e. The van der Waals surface area contributed by atoms with Crippen LogP contribution >= 0.6 is 31.9 Å². The van der Waals surface area contributed by atoms with E-state index in [2.05, 4.69) is 37.2 Å². The summed E-state index contributed by atoms with van der Waals surface area (Å²) in [5, 5.41) is 3.38. The first-order chi connectivity index (χ1) is 9.06. The van der Waals surface area contributed by atoms with Crippen LogP contribution in [0.15, 0.2) is 51.4 Å². The SMILES string of the molecule is CC(Cc1ccccc1F)Nc1cc(Br)ccc1Br. The zero-order valence-corrected chi connectivity index (χ0v) is 13.6. The van der Waals surface area contributed by atoms with Crippen LogP contribution in [0, 0.1) is 5.82 Å². The lowest BCUT2D eigenvalue weighted by atomic mass is 10.1. The molecule has 0 radical (unpaired) electrons. The number of hydrogen-bond acceptors (Lipinski definition) is 1. The van der Waals surface area contributed by atoms with E-state index in [0.29, 0.717) is 6.42 Å².